The molecule has 1 saturated carbocycles. The van der Waals surface area contributed by atoms with Gasteiger partial charge >= 0.3 is 0 Å². The van der Waals surface area contributed by atoms with Gasteiger partial charge in [0.1, 0.15) is 23.3 Å². The van der Waals surface area contributed by atoms with Crippen molar-refractivity contribution >= 4 is 17.4 Å². The Labute approximate surface area is 157 Å². The monoisotopic (exact) mass is 371 g/mol. The van der Waals surface area contributed by atoms with Crippen LogP contribution in [-0.4, -0.2) is 40.1 Å². The van der Waals surface area contributed by atoms with E-state index in [-0.39, 0.29) is 18.1 Å². The van der Waals surface area contributed by atoms with E-state index in [0.29, 0.717) is 17.4 Å². The number of rotatable bonds is 4. The van der Waals surface area contributed by atoms with E-state index in [0.717, 1.165) is 36.6 Å². The predicted molar refractivity (Wildman–Crippen MR) is 98.3 cm³/mol. The van der Waals surface area contributed by atoms with E-state index in [2.05, 4.69) is 20.3 Å². The lowest BCUT2D eigenvalue weighted by Crippen LogP contribution is -2.45. The van der Waals surface area contributed by atoms with Crippen molar-refractivity contribution in [3.8, 4) is 5.75 Å². The summed E-state index contributed by atoms with van der Waals surface area (Å²) in [6.07, 6.45) is 4.10. The lowest BCUT2D eigenvalue weighted by Gasteiger charge is -2.36. The number of fused-ring (bicyclic) bond motifs is 1. The number of hydrogen-bond acceptors (Lipinski definition) is 6. The molecule has 1 atom stereocenters. The molecule has 0 saturated heterocycles. The molecule has 8 heteroatoms. The number of aromatic nitrogens is 3. The molecule has 0 unspecified atom stereocenters. The summed E-state index contributed by atoms with van der Waals surface area (Å²) in [4.78, 5) is 26.7. The highest BCUT2D eigenvalue weighted by Gasteiger charge is 2.34. The van der Waals surface area contributed by atoms with Gasteiger partial charge in [-0.15, -0.1) is 0 Å². The van der Waals surface area contributed by atoms with Crippen molar-refractivity contribution < 1.29 is 13.9 Å². The fraction of sp³-hybridized carbons (Fsp3) is 0.474. The van der Waals surface area contributed by atoms with Crippen molar-refractivity contribution in [2.75, 3.05) is 17.3 Å². The van der Waals surface area contributed by atoms with Crippen LogP contribution in [0.5, 0.6) is 5.75 Å². The van der Waals surface area contributed by atoms with E-state index in [4.69, 9.17) is 4.74 Å². The number of amides is 1. The van der Waals surface area contributed by atoms with Crippen LogP contribution < -0.4 is 15.0 Å². The first-order valence-corrected chi connectivity index (χ1v) is 9.10. The zero-order chi connectivity index (χ0) is 19.1. The van der Waals surface area contributed by atoms with Gasteiger partial charge in [-0.3, -0.25) is 4.79 Å². The average molecular weight is 371 g/mol. The smallest absolute Gasteiger partial charge is 0.246 e. The molecule has 2 aromatic heterocycles. The number of nitrogens with one attached hydrogen (secondary N) is 1. The average Bonchev–Trinajstić information content (AvgIpc) is 2.61. The van der Waals surface area contributed by atoms with Crippen molar-refractivity contribution in [2.45, 2.75) is 45.3 Å². The molecule has 0 bridgehead atoms. The first-order chi connectivity index (χ1) is 12.9. The molecule has 1 N–H and O–H groups in total. The van der Waals surface area contributed by atoms with Crippen molar-refractivity contribution in [1.82, 2.24) is 15.0 Å². The van der Waals surface area contributed by atoms with E-state index in [1.54, 1.807) is 6.07 Å². The Morgan fingerprint density at radius 1 is 1.33 bits per heavy atom. The van der Waals surface area contributed by atoms with Crippen LogP contribution >= 0.6 is 0 Å². The van der Waals surface area contributed by atoms with Gasteiger partial charge in [-0.25, -0.2) is 15.0 Å². The molecule has 0 radical (unpaired) electrons. The van der Waals surface area contributed by atoms with Gasteiger partial charge < -0.3 is 15.0 Å². The van der Waals surface area contributed by atoms with E-state index < -0.39 is 5.95 Å². The van der Waals surface area contributed by atoms with Gasteiger partial charge in [-0.05, 0) is 44.7 Å². The first kappa shape index (κ1) is 17.6. The topological polar surface area (TPSA) is 80.2 Å². The van der Waals surface area contributed by atoms with Crippen LogP contribution in [-0.2, 0) is 11.2 Å². The molecule has 27 heavy (non-hydrogen) atoms. The van der Waals surface area contributed by atoms with Crippen molar-refractivity contribution in [2.24, 2.45) is 5.92 Å². The molecule has 0 spiro atoms. The molecule has 3 heterocycles. The Hall–Kier alpha value is -2.77. The summed E-state index contributed by atoms with van der Waals surface area (Å²) in [6.45, 7) is 3.75. The summed E-state index contributed by atoms with van der Waals surface area (Å²) in [5.41, 5.74) is 1.48. The molecule has 2 aliphatic rings. The normalized spacial score (nSPS) is 24.1. The second-order valence-corrected chi connectivity index (χ2v) is 7.30. The fourth-order valence-electron chi connectivity index (χ4n) is 3.51. The van der Waals surface area contributed by atoms with Gasteiger partial charge in [0.15, 0.2) is 5.82 Å². The molecule has 1 aliphatic carbocycles. The van der Waals surface area contributed by atoms with Crippen LogP contribution in [0.1, 0.15) is 31.3 Å². The van der Waals surface area contributed by atoms with Crippen LogP contribution in [0.15, 0.2) is 18.3 Å². The van der Waals surface area contributed by atoms with E-state index in [1.807, 2.05) is 25.8 Å². The maximum Gasteiger partial charge on any atom is 0.246 e. The first-order valence-electron chi connectivity index (χ1n) is 9.10. The second-order valence-electron chi connectivity index (χ2n) is 7.30. The minimum absolute atomic E-state index is 0.0429. The van der Waals surface area contributed by atoms with Crippen molar-refractivity contribution in [3.63, 3.8) is 0 Å². The molecule has 7 nitrogen and oxygen atoms in total. The molecule has 1 fully saturated rings. The number of halogens is 1. The van der Waals surface area contributed by atoms with Gasteiger partial charge in [-0.2, -0.15) is 4.39 Å². The standard InChI is InChI=1S/C19H22FN5O2/c1-10-17-18(25(3)11(2)19(26)24-17)23-16(22-10)8-12-6-14(7-12)27-13-4-5-15(20)21-9-13/h4-5,9,11-12,14H,6-8H2,1-3H3,(H,24,26)/t11-,12?,14?/m0/s1. The Morgan fingerprint density at radius 2 is 2.11 bits per heavy atom. The van der Waals surface area contributed by atoms with Crippen LogP contribution in [0.2, 0.25) is 0 Å². The maximum absolute atomic E-state index is 12.8. The number of ether oxygens (including phenoxy) is 1. The predicted octanol–water partition coefficient (Wildman–Crippen LogP) is 2.50. The molecular formula is C19H22FN5O2. The number of anilines is 2. The number of nitrogens with zero attached hydrogens (tertiary/aromatic N) is 4. The zero-order valence-corrected chi connectivity index (χ0v) is 15.6. The van der Waals surface area contributed by atoms with Crippen LogP contribution in [0.3, 0.4) is 0 Å². The van der Waals surface area contributed by atoms with E-state index >= 15 is 0 Å². The van der Waals surface area contributed by atoms with Gasteiger partial charge in [0, 0.05) is 13.5 Å². The summed E-state index contributed by atoms with van der Waals surface area (Å²) in [5, 5.41) is 2.90. The number of likely N-dealkylation sites (N-methyl/N-ethyl adjacent to an activating group) is 1. The van der Waals surface area contributed by atoms with Crippen LogP contribution in [0, 0.1) is 18.8 Å². The SMILES string of the molecule is Cc1nc(CC2CC(Oc3ccc(F)nc3)C2)nc2c1NC(=O)[C@H](C)N2C. The molecular weight excluding hydrogens is 349 g/mol. The summed E-state index contributed by atoms with van der Waals surface area (Å²) in [7, 11) is 1.88. The summed E-state index contributed by atoms with van der Waals surface area (Å²) in [6, 6.07) is 2.63. The Kier molecular flexibility index (Phi) is 4.41. The number of aryl methyl sites for hydroxylation is 1. The largest absolute Gasteiger partial charge is 0.489 e. The molecule has 4 rings (SSSR count). The number of carbonyl (C=O) groups excluding carboxylic acids is 1. The Morgan fingerprint density at radius 3 is 2.81 bits per heavy atom. The summed E-state index contributed by atoms with van der Waals surface area (Å²) in [5.74, 6) is 2.04. The molecule has 1 aliphatic heterocycles. The van der Waals surface area contributed by atoms with Gasteiger partial charge in [0.05, 0.1) is 18.0 Å². The third-order valence-electron chi connectivity index (χ3n) is 5.33. The van der Waals surface area contributed by atoms with Crippen molar-refractivity contribution in [1.29, 1.82) is 0 Å². The fourth-order valence-corrected chi connectivity index (χ4v) is 3.51. The van der Waals surface area contributed by atoms with Crippen LogP contribution in [0.25, 0.3) is 0 Å². The van der Waals surface area contributed by atoms with Crippen LogP contribution in [0.4, 0.5) is 15.9 Å². The third-order valence-corrected chi connectivity index (χ3v) is 5.33. The van der Waals surface area contributed by atoms with Gasteiger partial charge in [0.2, 0.25) is 11.9 Å². The lowest BCUT2D eigenvalue weighted by molar-refractivity contribution is -0.117. The minimum atomic E-state index is -0.510. The van der Waals surface area contributed by atoms with Gasteiger partial charge in [-0.1, -0.05) is 0 Å². The number of pyridine rings is 1. The highest BCUT2D eigenvalue weighted by Crippen LogP contribution is 2.35. The zero-order valence-electron chi connectivity index (χ0n) is 15.6. The highest BCUT2D eigenvalue weighted by molar-refractivity contribution is 6.02. The lowest BCUT2D eigenvalue weighted by atomic mass is 9.80. The van der Waals surface area contributed by atoms with Gasteiger partial charge in [0.25, 0.3) is 0 Å². The number of hydrogen-bond donors (Lipinski definition) is 1. The summed E-state index contributed by atoms with van der Waals surface area (Å²) >= 11 is 0. The second kappa shape index (κ2) is 6.75. The summed E-state index contributed by atoms with van der Waals surface area (Å²) < 4.78 is 18.6. The Bertz CT molecular complexity index is 867. The quantitative estimate of drug-likeness (QED) is 0.832. The Balaban J connectivity index is 1.39. The molecule has 142 valence electrons. The van der Waals surface area contributed by atoms with Crippen molar-refractivity contribution in [3.05, 3.63) is 35.8 Å². The maximum atomic E-state index is 12.8. The van der Waals surface area contributed by atoms with E-state index in [9.17, 15) is 9.18 Å². The number of carbonyl (C=O) groups is 1. The molecule has 0 aromatic carbocycles. The molecule has 1 amide bonds. The van der Waals surface area contributed by atoms with E-state index in [1.165, 1.54) is 12.3 Å². The molecule has 2 aromatic rings. The third kappa shape index (κ3) is 3.43. The minimum Gasteiger partial charge on any atom is -0.489 e. The highest BCUT2D eigenvalue weighted by atomic mass is 19.1.